The predicted octanol–water partition coefficient (Wildman–Crippen LogP) is 3.28. The molecule has 3 N–H and O–H groups in total. The summed E-state index contributed by atoms with van der Waals surface area (Å²) < 4.78 is 43.7. The lowest BCUT2D eigenvalue weighted by atomic mass is 10.1. The fourth-order valence-electron chi connectivity index (χ4n) is 2.27. The second-order valence-corrected chi connectivity index (χ2v) is 5.20. The van der Waals surface area contributed by atoms with E-state index in [2.05, 4.69) is 5.32 Å². The highest BCUT2D eigenvalue weighted by Crippen LogP contribution is 2.33. The second kappa shape index (κ2) is 6.20. The van der Waals surface area contributed by atoms with Crippen molar-refractivity contribution in [3.63, 3.8) is 0 Å². The van der Waals surface area contributed by atoms with Gasteiger partial charge < -0.3 is 15.8 Å². The Morgan fingerprint density at radius 1 is 1.40 bits per heavy atom. The number of benzene rings is 1. The van der Waals surface area contributed by atoms with Gasteiger partial charge in [0.05, 0.1) is 17.7 Å². The van der Waals surface area contributed by atoms with Gasteiger partial charge in [0.2, 0.25) is 0 Å². The van der Waals surface area contributed by atoms with Gasteiger partial charge in [0.1, 0.15) is 0 Å². The number of hydrogen-bond acceptors (Lipinski definition) is 3. The van der Waals surface area contributed by atoms with Gasteiger partial charge in [-0.05, 0) is 31.0 Å². The third-order valence-electron chi connectivity index (χ3n) is 3.24. The number of ether oxygens (including phenoxy) is 1. The Balaban J connectivity index is 2.17. The summed E-state index contributed by atoms with van der Waals surface area (Å²) in [6, 6.07) is 3.16. The van der Waals surface area contributed by atoms with E-state index in [1.165, 1.54) is 6.07 Å². The lowest BCUT2D eigenvalue weighted by Gasteiger charge is -2.24. The van der Waals surface area contributed by atoms with Gasteiger partial charge in [0.15, 0.2) is 0 Å². The van der Waals surface area contributed by atoms with E-state index in [1.807, 2.05) is 0 Å². The van der Waals surface area contributed by atoms with E-state index in [0.717, 1.165) is 25.0 Å². The van der Waals surface area contributed by atoms with Crippen LogP contribution in [-0.4, -0.2) is 25.3 Å². The van der Waals surface area contributed by atoms with Gasteiger partial charge in [-0.25, -0.2) is 0 Å². The average Bonchev–Trinajstić information content (AvgIpc) is 2.88. The van der Waals surface area contributed by atoms with Gasteiger partial charge in [0.25, 0.3) is 0 Å². The molecule has 0 aliphatic carbocycles. The van der Waals surface area contributed by atoms with Crippen molar-refractivity contribution in [3.05, 3.63) is 28.8 Å². The highest BCUT2D eigenvalue weighted by atomic mass is 35.5. The first kappa shape index (κ1) is 15.4. The van der Waals surface area contributed by atoms with Crippen molar-refractivity contribution in [2.75, 3.05) is 18.5 Å². The average molecular weight is 309 g/mol. The molecule has 2 atom stereocenters. The molecule has 20 heavy (non-hydrogen) atoms. The van der Waals surface area contributed by atoms with Crippen LogP contribution in [-0.2, 0) is 10.9 Å². The monoisotopic (exact) mass is 308 g/mol. The highest BCUT2D eigenvalue weighted by molar-refractivity contribution is 6.30. The van der Waals surface area contributed by atoms with Crippen LogP contribution in [0, 0.1) is 0 Å². The number of nitrogens with one attached hydrogen (secondary N) is 1. The SMILES string of the molecule is NCC(Nc1cc(Cl)cc(C(F)(F)F)c1)C1CCCO1. The van der Waals surface area contributed by atoms with E-state index < -0.39 is 11.7 Å². The van der Waals surface area contributed by atoms with Crippen LogP contribution in [0.3, 0.4) is 0 Å². The molecule has 2 rings (SSSR count). The first-order chi connectivity index (χ1) is 9.40. The minimum atomic E-state index is -4.43. The first-order valence-corrected chi connectivity index (χ1v) is 6.74. The van der Waals surface area contributed by atoms with Crippen LogP contribution < -0.4 is 11.1 Å². The zero-order chi connectivity index (χ0) is 14.8. The van der Waals surface area contributed by atoms with Crippen LogP contribution in [0.15, 0.2) is 18.2 Å². The highest BCUT2D eigenvalue weighted by Gasteiger charge is 2.32. The molecule has 0 saturated carbocycles. The normalized spacial score (nSPS) is 20.9. The van der Waals surface area contributed by atoms with Gasteiger partial charge in [0, 0.05) is 23.9 Å². The van der Waals surface area contributed by atoms with E-state index in [9.17, 15) is 13.2 Å². The molecule has 0 spiro atoms. The molecule has 0 amide bonds. The summed E-state index contributed by atoms with van der Waals surface area (Å²) in [5.74, 6) is 0. The number of hydrogen-bond donors (Lipinski definition) is 2. The Labute approximate surface area is 120 Å². The van der Waals surface area contributed by atoms with Crippen molar-refractivity contribution in [1.29, 1.82) is 0 Å². The van der Waals surface area contributed by atoms with Crippen molar-refractivity contribution in [2.45, 2.75) is 31.2 Å². The number of anilines is 1. The van der Waals surface area contributed by atoms with Crippen LogP contribution >= 0.6 is 11.6 Å². The Morgan fingerprint density at radius 3 is 2.70 bits per heavy atom. The molecular formula is C13H16ClF3N2O. The summed E-state index contributed by atoms with van der Waals surface area (Å²) >= 11 is 5.74. The molecule has 1 aromatic carbocycles. The fraction of sp³-hybridized carbons (Fsp3) is 0.538. The molecule has 1 aromatic rings. The lowest BCUT2D eigenvalue weighted by Crippen LogP contribution is -2.39. The van der Waals surface area contributed by atoms with Crippen LogP contribution in [0.1, 0.15) is 18.4 Å². The Kier molecular flexibility index (Phi) is 4.78. The molecule has 1 aliphatic rings. The van der Waals surface area contributed by atoms with Crippen LogP contribution in [0.5, 0.6) is 0 Å². The second-order valence-electron chi connectivity index (χ2n) is 4.76. The van der Waals surface area contributed by atoms with Gasteiger partial charge in [-0.1, -0.05) is 11.6 Å². The Bertz CT molecular complexity index is 461. The van der Waals surface area contributed by atoms with Crippen molar-refractivity contribution >= 4 is 17.3 Å². The minimum Gasteiger partial charge on any atom is -0.378 e. The van der Waals surface area contributed by atoms with E-state index in [-0.39, 0.29) is 23.7 Å². The van der Waals surface area contributed by atoms with Crippen LogP contribution in [0.4, 0.5) is 18.9 Å². The fourth-order valence-corrected chi connectivity index (χ4v) is 2.51. The van der Waals surface area contributed by atoms with E-state index in [4.69, 9.17) is 22.1 Å². The van der Waals surface area contributed by atoms with Gasteiger partial charge in [-0.3, -0.25) is 0 Å². The molecule has 2 unspecified atom stereocenters. The lowest BCUT2D eigenvalue weighted by molar-refractivity contribution is -0.137. The maximum atomic E-state index is 12.7. The molecule has 1 aliphatic heterocycles. The van der Waals surface area contributed by atoms with Crippen LogP contribution in [0.25, 0.3) is 0 Å². The number of alkyl halides is 3. The summed E-state index contributed by atoms with van der Waals surface area (Å²) in [7, 11) is 0. The van der Waals surface area contributed by atoms with Gasteiger partial charge in [-0.2, -0.15) is 13.2 Å². The molecular weight excluding hydrogens is 293 g/mol. The summed E-state index contributed by atoms with van der Waals surface area (Å²) in [5.41, 5.74) is 5.18. The summed E-state index contributed by atoms with van der Waals surface area (Å²) in [5, 5.41) is 3.02. The Morgan fingerprint density at radius 2 is 2.15 bits per heavy atom. The molecule has 3 nitrogen and oxygen atoms in total. The maximum Gasteiger partial charge on any atom is 0.416 e. The zero-order valence-corrected chi connectivity index (χ0v) is 11.5. The van der Waals surface area contributed by atoms with Gasteiger partial charge in [-0.15, -0.1) is 0 Å². The molecule has 1 heterocycles. The summed E-state index contributed by atoms with van der Waals surface area (Å²) in [6.07, 6.45) is -2.72. The molecule has 1 fully saturated rings. The smallest absolute Gasteiger partial charge is 0.378 e. The largest absolute Gasteiger partial charge is 0.416 e. The van der Waals surface area contributed by atoms with E-state index in [0.29, 0.717) is 12.3 Å². The molecule has 0 aromatic heterocycles. The maximum absolute atomic E-state index is 12.7. The van der Waals surface area contributed by atoms with Gasteiger partial charge >= 0.3 is 6.18 Å². The molecule has 112 valence electrons. The summed E-state index contributed by atoms with van der Waals surface area (Å²) in [4.78, 5) is 0. The standard InChI is InChI=1S/C13H16ClF3N2O/c14-9-4-8(13(15,16)17)5-10(6-9)19-11(7-18)12-2-1-3-20-12/h4-6,11-12,19H,1-3,7,18H2. The summed E-state index contributed by atoms with van der Waals surface area (Å²) in [6.45, 7) is 0.935. The Hall–Kier alpha value is -0.980. The molecule has 1 saturated heterocycles. The third kappa shape index (κ3) is 3.77. The van der Waals surface area contributed by atoms with Crippen molar-refractivity contribution in [3.8, 4) is 0 Å². The van der Waals surface area contributed by atoms with Crippen molar-refractivity contribution in [1.82, 2.24) is 0 Å². The number of rotatable bonds is 4. The quantitative estimate of drug-likeness (QED) is 0.897. The number of halogens is 4. The predicted molar refractivity (Wildman–Crippen MR) is 71.9 cm³/mol. The molecule has 0 radical (unpaired) electrons. The van der Waals surface area contributed by atoms with Crippen molar-refractivity contribution in [2.24, 2.45) is 5.73 Å². The molecule has 0 bridgehead atoms. The molecule has 7 heteroatoms. The van der Waals surface area contributed by atoms with Crippen LogP contribution in [0.2, 0.25) is 5.02 Å². The van der Waals surface area contributed by atoms with E-state index in [1.54, 1.807) is 0 Å². The van der Waals surface area contributed by atoms with E-state index >= 15 is 0 Å². The first-order valence-electron chi connectivity index (χ1n) is 6.36. The third-order valence-corrected chi connectivity index (χ3v) is 3.46. The number of nitrogens with two attached hydrogens (primary N) is 1. The minimum absolute atomic E-state index is 0.0328. The zero-order valence-electron chi connectivity index (χ0n) is 10.7. The van der Waals surface area contributed by atoms with Crippen molar-refractivity contribution < 1.29 is 17.9 Å². The topological polar surface area (TPSA) is 47.3 Å².